The number of guanidine groups is 1. The molecule has 2 aliphatic heterocycles. The molecule has 0 aromatic carbocycles. The molecule has 0 aromatic heterocycles. The van der Waals surface area contributed by atoms with Gasteiger partial charge in [-0.05, 0) is 53.5 Å². The van der Waals surface area contributed by atoms with E-state index < -0.39 is 5.60 Å². The molecule has 0 aromatic rings. The number of carbonyl (C=O) groups excluding carboxylic acids is 1. The zero-order chi connectivity index (χ0) is 21.4. The molecule has 2 rings (SSSR count). The summed E-state index contributed by atoms with van der Waals surface area (Å²) in [6.45, 7) is 14.6. The number of nitrogens with zero attached hydrogens (tertiary/aromatic N) is 4. The molecule has 8 heteroatoms. The Morgan fingerprint density at radius 3 is 2.52 bits per heavy atom. The number of likely N-dealkylation sites (N-methyl/N-ethyl adjacent to an activating group) is 1. The third-order valence-electron chi connectivity index (χ3n) is 5.47. The number of amides is 1. The van der Waals surface area contributed by atoms with E-state index in [1.54, 1.807) is 0 Å². The first-order valence-electron chi connectivity index (χ1n) is 11.0. The molecule has 0 radical (unpaired) electrons. The maximum Gasteiger partial charge on any atom is 0.410 e. The lowest BCUT2D eigenvalue weighted by Gasteiger charge is -2.37. The summed E-state index contributed by atoms with van der Waals surface area (Å²) < 4.78 is 11.4. The van der Waals surface area contributed by atoms with E-state index in [1.807, 2.05) is 39.6 Å². The van der Waals surface area contributed by atoms with Gasteiger partial charge in [0.2, 0.25) is 0 Å². The first kappa shape index (κ1) is 23.7. The number of morpholine rings is 1. The minimum atomic E-state index is -0.455. The van der Waals surface area contributed by atoms with Crippen LogP contribution in [0.1, 0.15) is 40.5 Å². The summed E-state index contributed by atoms with van der Waals surface area (Å²) in [6.07, 6.45) is 2.08. The minimum absolute atomic E-state index is 0.204. The van der Waals surface area contributed by atoms with E-state index >= 15 is 0 Å². The smallest absolute Gasteiger partial charge is 0.410 e. The highest BCUT2D eigenvalue weighted by Crippen LogP contribution is 2.20. The average molecular weight is 412 g/mol. The lowest BCUT2D eigenvalue weighted by molar-refractivity contribution is -0.0164. The van der Waals surface area contributed by atoms with Crippen molar-refractivity contribution in [1.29, 1.82) is 0 Å². The van der Waals surface area contributed by atoms with Gasteiger partial charge < -0.3 is 29.5 Å². The van der Waals surface area contributed by atoms with Gasteiger partial charge in [0.15, 0.2) is 5.96 Å². The minimum Gasteiger partial charge on any atom is -0.444 e. The quantitative estimate of drug-likeness (QED) is 0.550. The lowest BCUT2D eigenvalue weighted by atomic mass is 9.96. The fraction of sp³-hybridized carbons (Fsp3) is 0.905. The van der Waals surface area contributed by atoms with Crippen molar-refractivity contribution < 1.29 is 14.3 Å². The van der Waals surface area contributed by atoms with Crippen LogP contribution in [-0.2, 0) is 9.47 Å². The van der Waals surface area contributed by atoms with Crippen LogP contribution in [0.3, 0.4) is 0 Å². The summed E-state index contributed by atoms with van der Waals surface area (Å²) in [7, 11) is 3.97. The van der Waals surface area contributed by atoms with Crippen molar-refractivity contribution in [2.24, 2.45) is 10.9 Å². The van der Waals surface area contributed by atoms with Gasteiger partial charge in [0.1, 0.15) is 5.60 Å². The molecular formula is C21H41N5O3. The Balaban J connectivity index is 1.77. The Kier molecular flexibility index (Phi) is 9.02. The van der Waals surface area contributed by atoms with Gasteiger partial charge in [0.05, 0.1) is 12.7 Å². The zero-order valence-corrected chi connectivity index (χ0v) is 19.2. The van der Waals surface area contributed by atoms with Crippen LogP contribution in [0.5, 0.6) is 0 Å². The molecule has 1 atom stereocenters. The maximum atomic E-state index is 12.4. The van der Waals surface area contributed by atoms with Crippen LogP contribution in [-0.4, -0.2) is 105 Å². The summed E-state index contributed by atoms with van der Waals surface area (Å²) in [4.78, 5) is 23.3. The molecule has 1 unspecified atom stereocenters. The zero-order valence-electron chi connectivity index (χ0n) is 19.2. The third kappa shape index (κ3) is 8.01. The molecule has 168 valence electrons. The average Bonchev–Trinajstić information content (AvgIpc) is 2.66. The predicted octanol–water partition coefficient (Wildman–Crippen LogP) is 1.86. The Morgan fingerprint density at radius 1 is 1.28 bits per heavy atom. The topological polar surface area (TPSA) is 69.6 Å². The summed E-state index contributed by atoms with van der Waals surface area (Å²) >= 11 is 0. The lowest BCUT2D eigenvalue weighted by Crippen LogP contribution is -2.51. The van der Waals surface area contributed by atoms with E-state index in [2.05, 4.69) is 27.2 Å². The van der Waals surface area contributed by atoms with Gasteiger partial charge in [-0.15, -0.1) is 0 Å². The van der Waals surface area contributed by atoms with E-state index in [4.69, 9.17) is 9.47 Å². The van der Waals surface area contributed by atoms with E-state index in [0.29, 0.717) is 12.5 Å². The highest BCUT2D eigenvalue weighted by Gasteiger charge is 2.27. The number of piperidine rings is 1. The van der Waals surface area contributed by atoms with E-state index in [1.165, 1.54) is 0 Å². The first-order chi connectivity index (χ1) is 13.7. The van der Waals surface area contributed by atoms with Crippen molar-refractivity contribution in [2.75, 3.05) is 66.5 Å². The fourth-order valence-corrected chi connectivity index (χ4v) is 3.83. The first-order valence-corrected chi connectivity index (χ1v) is 11.0. The molecular weight excluding hydrogens is 370 g/mol. The number of ether oxygens (including phenoxy) is 2. The summed E-state index contributed by atoms with van der Waals surface area (Å²) in [5.41, 5.74) is -0.455. The standard InChI is InChI=1S/C21H41N5O3/c1-7-25(20(27)29-21(2,3)4)15-17-8-10-26(11-9-17)19(22-5)23-14-18-16-24(6)12-13-28-18/h17-18H,7-16H2,1-6H3,(H,22,23). The normalized spacial score (nSPS) is 22.5. The van der Waals surface area contributed by atoms with Gasteiger partial charge in [-0.2, -0.15) is 0 Å². The number of nitrogens with one attached hydrogen (secondary N) is 1. The van der Waals surface area contributed by atoms with Crippen LogP contribution in [0.25, 0.3) is 0 Å². The number of carbonyl (C=O) groups is 1. The van der Waals surface area contributed by atoms with Crippen molar-refractivity contribution >= 4 is 12.1 Å². The molecule has 0 spiro atoms. The number of likely N-dealkylation sites (tertiary alicyclic amines) is 1. The molecule has 2 aliphatic rings. The van der Waals surface area contributed by atoms with Crippen LogP contribution in [0.2, 0.25) is 0 Å². The van der Waals surface area contributed by atoms with Crippen molar-refractivity contribution in [3.63, 3.8) is 0 Å². The second-order valence-corrected chi connectivity index (χ2v) is 9.13. The Morgan fingerprint density at radius 2 is 1.97 bits per heavy atom. The van der Waals surface area contributed by atoms with E-state index in [-0.39, 0.29) is 12.2 Å². The van der Waals surface area contributed by atoms with Gasteiger partial charge in [-0.25, -0.2) is 4.79 Å². The van der Waals surface area contributed by atoms with Crippen molar-refractivity contribution in [3.8, 4) is 0 Å². The number of hydrogen-bond acceptors (Lipinski definition) is 5. The van der Waals surface area contributed by atoms with Crippen LogP contribution >= 0.6 is 0 Å². The monoisotopic (exact) mass is 411 g/mol. The molecule has 2 saturated heterocycles. The van der Waals surface area contributed by atoms with E-state index in [0.717, 1.165) is 64.7 Å². The molecule has 1 N–H and O–H groups in total. The Bertz CT molecular complexity index is 541. The molecule has 2 heterocycles. The van der Waals surface area contributed by atoms with Crippen LogP contribution in [0.15, 0.2) is 4.99 Å². The van der Waals surface area contributed by atoms with Gasteiger partial charge in [0.25, 0.3) is 0 Å². The molecule has 1 amide bonds. The van der Waals surface area contributed by atoms with Gasteiger partial charge in [0, 0.05) is 52.9 Å². The molecule has 0 aliphatic carbocycles. The van der Waals surface area contributed by atoms with Crippen LogP contribution in [0, 0.1) is 5.92 Å². The summed E-state index contributed by atoms with van der Waals surface area (Å²) in [5, 5.41) is 3.48. The number of hydrogen-bond donors (Lipinski definition) is 1. The number of aliphatic imine (C=N–C) groups is 1. The molecule has 0 bridgehead atoms. The predicted molar refractivity (Wildman–Crippen MR) is 116 cm³/mol. The van der Waals surface area contributed by atoms with E-state index in [9.17, 15) is 4.79 Å². The molecule has 8 nitrogen and oxygen atoms in total. The summed E-state index contributed by atoms with van der Waals surface area (Å²) in [6, 6.07) is 0. The molecule has 29 heavy (non-hydrogen) atoms. The van der Waals surface area contributed by atoms with Crippen molar-refractivity contribution in [3.05, 3.63) is 0 Å². The molecule has 0 saturated carbocycles. The maximum absolute atomic E-state index is 12.4. The van der Waals surface area contributed by atoms with Crippen molar-refractivity contribution in [2.45, 2.75) is 52.2 Å². The third-order valence-corrected chi connectivity index (χ3v) is 5.47. The molecule has 2 fully saturated rings. The Labute approximate surface area is 176 Å². The summed E-state index contributed by atoms with van der Waals surface area (Å²) in [5.74, 6) is 1.44. The van der Waals surface area contributed by atoms with Gasteiger partial charge >= 0.3 is 6.09 Å². The second-order valence-electron chi connectivity index (χ2n) is 9.13. The fourth-order valence-electron chi connectivity index (χ4n) is 3.83. The largest absolute Gasteiger partial charge is 0.444 e. The van der Waals surface area contributed by atoms with Crippen molar-refractivity contribution in [1.82, 2.24) is 20.0 Å². The highest BCUT2D eigenvalue weighted by molar-refractivity contribution is 5.80. The number of rotatable bonds is 5. The van der Waals surface area contributed by atoms with Crippen LogP contribution < -0.4 is 5.32 Å². The second kappa shape index (κ2) is 11.0. The van der Waals surface area contributed by atoms with Crippen LogP contribution in [0.4, 0.5) is 4.79 Å². The van der Waals surface area contributed by atoms with Gasteiger partial charge in [-0.3, -0.25) is 4.99 Å². The van der Waals surface area contributed by atoms with Gasteiger partial charge in [-0.1, -0.05) is 0 Å². The Hall–Kier alpha value is -1.54. The highest BCUT2D eigenvalue weighted by atomic mass is 16.6. The SMILES string of the molecule is CCN(CC1CCN(C(=NC)NCC2CN(C)CCO2)CC1)C(=O)OC(C)(C)C.